The highest BCUT2D eigenvalue weighted by Crippen LogP contribution is 2.23. The van der Waals surface area contributed by atoms with E-state index in [2.05, 4.69) is 5.16 Å². The van der Waals surface area contributed by atoms with Crippen LogP contribution < -0.4 is 0 Å². The second kappa shape index (κ2) is 3.84. The third kappa shape index (κ3) is 1.68. The zero-order valence-corrected chi connectivity index (χ0v) is 9.69. The van der Waals surface area contributed by atoms with Crippen molar-refractivity contribution in [2.45, 2.75) is 26.2 Å². The molecule has 0 saturated heterocycles. The van der Waals surface area contributed by atoms with Gasteiger partial charge in [0.1, 0.15) is 5.76 Å². The first-order valence-electron chi connectivity index (χ1n) is 5.81. The lowest BCUT2D eigenvalue weighted by atomic mass is 9.91. The van der Waals surface area contributed by atoms with Crippen molar-refractivity contribution in [1.29, 1.82) is 0 Å². The second-order valence-corrected chi connectivity index (χ2v) is 4.42. The fourth-order valence-electron chi connectivity index (χ4n) is 2.38. The van der Waals surface area contributed by atoms with Gasteiger partial charge >= 0.3 is 0 Å². The minimum Gasteiger partial charge on any atom is -0.361 e. The fraction of sp³-hybridized carbons (Fsp3) is 0.286. The van der Waals surface area contributed by atoms with Crippen molar-refractivity contribution >= 4 is 5.78 Å². The Labute approximate surface area is 99.4 Å². The highest BCUT2D eigenvalue weighted by Gasteiger charge is 2.21. The second-order valence-electron chi connectivity index (χ2n) is 4.42. The van der Waals surface area contributed by atoms with Crippen LogP contribution in [0.4, 0.5) is 0 Å². The molecule has 0 saturated carbocycles. The standard InChI is InChI=1S/C14H13NO2/c1-9-12-8-14(16)11-5-3-2-4-10(11)6-7-13(12)15-17-9/h2-5H,6-8H2,1H3. The maximum absolute atomic E-state index is 12.2. The summed E-state index contributed by atoms with van der Waals surface area (Å²) in [5.41, 5.74) is 3.87. The fourth-order valence-corrected chi connectivity index (χ4v) is 2.38. The number of fused-ring (bicyclic) bond motifs is 2. The summed E-state index contributed by atoms with van der Waals surface area (Å²) in [5, 5.41) is 4.04. The van der Waals surface area contributed by atoms with Crippen molar-refractivity contribution in [2.75, 3.05) is 0 Å². The average molecular weight is 227 g/mol. The van der Waals surface area contributed by atoms with Crippen LogP contribution in [0.3, 0.4) is 0 Å². The third-order valence-corrected chi connectivity index (χ3v) is 3.35. The first kappa shape index (κ1) is 10.3. The lowest BCUT2D eigenvalue weighted by molar-refractivity contribution is 0.0990. The Morgan fingerprint density at radius 3 is 2.94 bits per heavy atom. The van der Waals surface area contributed by atoms with Crippen LogP contribution in [0.1, 0.15) is 32.9 Å². The van der Waals surface area contributed by atoms with Crippen LogP contribution in [-0.4, -0.2) is 10.9 Å². The topological polar surface area (TPSA) is 43.1 Å². The lowest BCUT2D eigenvalue weighted by Crippen LogP contribution is -2.13. The van der Waals surface area contributed by atoms with Crippen molar-refractivity contribution in [3.63, 3.8) is 0 Å². The largest absolute Gasteiger partial charge is 0.361 e. The molecule has 1 heterocycles. The maximum atomic E-state index is 12.2. The van der Waals surface area contributed by atoms with E-state index in [-0.39, 0.29) is 5.78 Å². The van der Waals surface area contributed by atoms with Crippen LogP contribution in [0.15, 0.2) is 28.8 Å². The molecule has 0 amide bonds. The summed E-state index contributed by atoms with van der Waals surface area (Å²) in [4.78, 5) is 12.2. The van der Waals surface area contributed by atoms with Gasteiger partial charge in [0.2, 0.25) is 0 Å². The van der Waals surface area contributed by atoms with Crippen LogP contribution in [0, 0.1) is 6.92 Å². The number of carbonyl (C=O) groups is 1. The van der Waals surface area contributed by atoms with Gasteiger partial charge in [0.05, 0.1) is 5.69 Å². The van der Waals surface area contributed by atoms with Crippen LogP contribution in [-0.2, 0) is 19.3 Å². The van der Waals surface area contributed by atoms with Gasteiger partial charge in [-0.25, -0.2) is 0 Å². The highest BCUT2D eigenvalue weighted by molar-refractivity contribution is 5.99. The monoisotopic (exact) mass is 227 g/mol. The molecule has 1 aromatic carbocycles. The summed E-state index contributed by atoms with van der Waals surface area (Å²) in [6, 6.07) is 7.82. The SMILES string of the molecule is Cc1onc2c1CC(=O)c1ccccc1CC2. The zero-order valence-electron chi connectivity index (χ0n) is 9.69. The minimum atomic E-state index is 0.160. The van der Waals surface area contributed by atoms with Gasteiger partial charge in [-0.05, 0) is 25.3 Å². The van der Waals surface area contributed by atoms with Gasteiger partial charge < -0.3 is 4.52 Å². The molecule has 0 N–H and O–H groups in total. The Hall–Kier alpha value is -1.90. The van der Waals surface area contributed by atoms with E-state index in [1.54, 1.807) is 0 Å². The van der Waals surface area contributed by atoms with E-state index in [4.69, 9.17) is 4.52 Å². The smallest absolute Gasteiger partial charge is 0.167 e. The number of rotatable bonds is 0. The molecule has 2 aromatic rings. The first-order valence-corrected chi connectivity index (χ1v) is 5.81. The van der Waals surface area contributed by atoms with Gasteiger partial charge in [0.15, 0.2) is 5.78 Å². The number of carbonyl (C=O) groups excluding carboxylic acids is 1. The lowest BCUT2D eigenvalue weighted by Gasteiger charge is -2.11. The molecular formula is C14H13NO2. The Morgan fingerprint density at radius 1 is 1.24 bits per heavy atom. The number of hydrogen-bond acceptors (Lipinski definition) is 3. The number of aryl methyl sites for hydroxylation is 3. The Balaban J connectivity index is 2.08. The van der Waals surface area contributed by atoms with Gasteiger partial charge in [-0.15, -0.1) is 0 Å². The van der Waals surface area contributed by atoms with E-state index in [1.807, 2.05) is 31.2 Å². The zero-order chi connectivity index (χ0) is 11.8. The molecule has 0 atom stereocenters. The van der Waals surface area contributed by atoms with Gasteiger partial charge in [0, 0.05) is 17.5 Å². The van der Waals surface area contributed by atoms with Crippen molar-refractivity contribution in [3.05, 3.63) is 52.4 Å². The number of hydrogen-bond donors (Lipinski definition) is 0. The summed E-state index contributed by atoms with van der Waals surface area (Å²) in [5.74, 6) is 0.931. The first-order chi connectivity index (χ1) is 8.25. The quantitative estimate of drug-likeness (QED) is 0.694. The van der Waals surface area contributed by atoms with E-state index in [9.17, 15) is 4.79 Å². The van der Waals surface area contributed by atoms with Gasteiger partial charge in [-0.1, -0.05) is 29.4 Å². The Kier molecular flexibility index (Phi) is 2.32. The summed E-state index contributed by atoms with van der Waals surface area (Å²) in [6.07, 6.45) is 2.10. The van der Waals surface area contributed by atoms with E-state index in [0.29, 0.717) is 6.42 Å². The van der Waals surface area contributed by atoms with Crippen molar-refractivity contribution in [3.8, 4) is 0 Å². The minimum absolute atomic E-state index is 0.160. The normalized spacial score (nSPS) is 14.8. The molecule has 17 heavy (non-hydrogen) atoms. The van der Waals surface area contributed by atoms with Crippen LogP contribution in [0.25, 0.3) is 0 Å². The van der Waals surface area contributed by atoms with E-state index >= 15 is 0 Å². The summed E-state index contributed by atoms with van der Waals surface area (Å²) in [7, 11) is 0. The van der Waals surface area contributed by atoms with E-state index < -0.39 is 0 Å². The molecule has 0 radical (unpaired) electrons. The van der Waals surface area contributed by atoms with Crippen LogP contribution in [0.2, 0.25) is 0 Å². The number of Topliss-reactive ketones (excluding diaryl/α,β-unsaturated/α-hetero) is 1. The molecule has 1 aliphatic rings. The van der Waals surface area contributed by atoms with Gasteiger partial charge in [-0.3, -0.25) is 4.79 Å². The molecule has 3 rings (SSSR count). The van der Waals surface area contributed by atoms with Gasteiger partial charge in [0.25, 0.3) is 0 Å². The van der Waals surface area contributed by atoms with Crippen LogP contribution in [0.5, 0.6) is 0 Å². The molecular weight excluding hydrogens is 214 g/mol. The average Bonchev–Trinajstić information content (AvgIpc) is 2.66. The predicted octanol–water partition coefficient (Wildman–Crippen LogP) is 2.51. The molecule has 3 nitrogen and oxygen atoms in total. The van der Waals surface area contributed by atoms with Gasteiger partial charge in [-0.2, -0.15) is 0 Å². The molecule has 0 unspecified atom stereocenters. The predicted molar refractivity (Wildman–Crippen MR) is 63.1 cm³/mol. The molecule has 0 fully saturated rings. The maximum Gasteiger partial charge on any atom is 0.167 e. The number of nitrogens with zero attached hydrogens (tertiary/aromatic N) is 1. The van der Waals surface area contributed by atoms with Crippen molar-refractivity contribution in [2.24, 2.45) is 0 Å². The van der Waals surface area contributed by atoms with E-state index in [0.717, 1.165) is 41.0 Å². The molecule has 1 aromatic heterocycles. The molecule has 86 valence electrons. The molecule has 3 heteroatoms. The summed E-state index contributed by atoms with van der Waals surface area (Å²) >= 11 is 0. The number of benzene rings is 1. The molecule has 1 aliphatic carbocycles. The molecule has 0 aliphatic heterocycles. The van der Waals surface area contributed by atoms with Crippen molar-refractivity contribution < 1.29 is 9.32 Å². The third-order valence-electron chi connectivity index (χ3n) is 3.35. The summed E-state index contributed by atoms with van der Waals surface area (Å²) < 4.78 is 5.17. The molecule has 0 spiro atoms. The van der Waals surface area contributed by atoms with Crippen LogP contribution >= 0.6 is 0 Å². The van der Waals surface area contributed by atoms with Crippen molar-refractivity contribution in [1.82, 2.24) is 5.16 Å². The Bertz CT molecular complexity index is 584. The Morgan fingerprint density at radius 2 is 2.06 bits per heavy atom. The highest BCUT2D eigenvalue weighted by atomic mass is 16.5. The summed E-state index contributed by atoms with van der Waals surface area (Å²) in [6.45, 7) is 1.87. The molecule has 0 bridgehead atoms. The van der Waals surface area contributed by atoms with E-state index in [1.165, 1.54) is 0 Å². The number of ketones is 1. The number of aromatic nitrogens is 1.